The molecule has 118 valence electrons. The Morgan fingerprint density at radius 3 is 2.39 bits per heavy atom. The van der Waals surface area contributed by atoms with Crippen LogP contribution in [0, 0.1) is 0 Å². The second-order valence-corrected chi connectivity index (χ2v) is 5.42. The molecule has 4 nitrogen and oxygen atoms in total. The van der Waals surface area contributed by atoms with Crippen LogP contribution in [0.15, 0.2) is 54.6 Å². The van der Waals surface area contributed by atoms with Crippen LogP contribution in [0.3, 0.4) is 0 Å². The van der Waals surface area contributed by atoms with Crippen LogP contribution >= 0.6 is 23.2 Å². The molecule has 0 fully saturated rings. The maximum Gasteiger partial charge on any atom is 0.323 e. The molecule has 0 unspecified atom stereocenters. The zero-order chi connectivity index (χ0) is 16.8. The Morgan fingerprint density at radius 1 is 1.04 bits per heavy atom. The van der Waals surface area contributed by atoms with Crippen LogP contribution in [0.4, 0.5) is 5.69 Å². The summed E-state index contributed by atoms with van der Waals surface area (Å²) in [6, 6.07) is 13.6. The lowest BCUT2D eigenvalue weighted by molar-refractivity contribution is -0.136. The molecule has 0 heterocycles. The summed E-state index contributed by atoms with van der Waals surface area (Å²) in [7, 11) is 0. The average molecular weight is 350 g/mol. The quantitative estimate of drug-likeness (QED) is 0.825. The zero-order valence-electron chi connectivity index (χ0n) is 11.9. The first-order valence-electron chi connectivity index (χ1n) is 6.69. The molecule has 0 spiro atoms. The summed E-state index contributed by atoms with van der Waals surface area (Å²) < 4.78 is 0. The molecular weight excluding hydrogens is 337 g/mol. The summed E-state index contributed by atoms with van der Waals surface area (Å²) in [4.78, 5) is 24.5. The van der Waals surface area contributed by atoms with E-state index in [0.717, 1.165) is 4.90 Å². The smallest absolute Gasteiger partial charge is 0.323 e. The van der Waals surface area contributed by atoms with Crippen molar-refractivity contribution in [1.82, 2.24) is 0 Å². The van der Waals surface area contributed by atoms with E-state index in [4.69, 9.17) is 28.3 Å². The number of amides is 1. The molecule has 0 aliphatic rings. The molecule has 0 atom stereocenters. The van der Waals surface area contributed by atoms with Crippen molar-refractivity contribution in [3.8, 4) is 0 Å². The van der Waals surface area contributed by atoms with E-state index in [1.165, 1.54) is 12.2 Å². The van der Waals surface area contributed by atoms with E-state index in [9.17, 15) is 9.59 Å². The summed E-state index contributed by atoms with van der Waals surface area (Å²) in [6.45, 7) is -0.434. The van der Waals surface area contributed by atoms with Crippen molar-refractivity contribution in [3.63, 3.8) is 0 Å². The lowest BCUT2D eigenvalue weighted by atomic mass is 10.2. The normalized spacial score (nSPS) is 10.7. The molecular formula is C17H13Cl2NO3. The Kier molecular flexibility index (Phi) is 5.79. The van der Waals surface area contributed by atoms with Gasteiger partial charge in [0.1, 0.15) is 6.54 Å². The van der Waals surface area contributed by atoms with Gasteiger partial charge in [-0.25, -0.2) is 0 Å². The highest BCUT2D eigenvalue weighted by molar-refractivity contribution is 6.42. The number of halogens is 2. The van der Waals surface area contributed by atoms with Crippen molar-refractivity contribution in [3.05, 3.63) is 70.2 Å². The van der Waals surface area contributed by atoms with Crippen LogP contribution in [0.25, 0.3) is 6.08 Å². The molecule has 1 N–H and O–H groups in total. The monoisotopic (exact) mass is 349 g/mol. The Balaban J connectivity index is 2.26. The summed E-state index contributed by atoms with van der Waals surface area (Å²) in [6.07, 6.45) is 2.78. The van der Waals surface area contributed by atoms with Crippen molar-refractivity contribution < 1.29 is 14.7 Å². The molecule has 2 aromatic carbocycles. The van der Waals surface area contributed by atoms with Gasteiger partial charge >= 0.3 is 5.97 Å². The largest absolute Gasteiger partial charge is 0.480 e. The second-order valence-electron chi connectivity index (χ2n) is 4.63. The topological polar surface area (TPSA) is 57.6 Å². The zero-order valence-corrected chi connectivity index (χ0v) is 13.5. The lowest BCUT2D eigenvalue weighted by Gasteiger charge is -2.19. The molecule has 2 aromatic rings. The highest BCUT2D eigenvalue weighted by atomic mass is 35.5. The van der Waals surface area contributed by atoms with Crippen molar-refractivity contribution in [2.45, 2.75) is 0 Å². The maximum atomic E-state index is 12.3. The molecule has 0 aliphatic carbocycles. The predicted octanol–water partition coefficient (Wildman–Crippen LogP) is 4.12. The van der Waals surface area contributed by atoms with Gasteiger partial charge < -0.3 is 5.11 Å². The van der Waals surface area contributed by atoms with Gasteiger partial charge in [-0.1, -0.05) is 53.5 Å². The Bertz CT molecular complexity index is 745. The number of anilines is 1. The van der Waals surface area contributed by atoms with Gasteiger partial charge in [0.05, 0.1) is 10.0 Å². The van der Waals surface area contributed by atoms with E-state index in [1.807, 2.05) is 0 Å². The fourth-order valence-electron chi connectivity index (χ4n) is 1.94. The van der Waals surface area contributed by atoms with Gasteiger partial charge in [-0.2, -0.15) is 0 Å². The number of carboxylic acids is 1. The van der Waals surface area contributed by atoms with Gasteiger partial charge in [-0.15, -0.1) is 0 Å². The third-order valence-electron chi connectivity index (χ3n) is 3.01. The summed E-state index contributed by atoms with van der Waals surface area (Å²) in [5, 5.41) is 9.72. The number of hydrogen-bond acceptors (Lipinski definition) is 2. The highest BCUT2D eigenvalue weighted by Gasteiger charge is 2.16. The summed E-state index contributed by atoms with van der Waals surface area (Å²) >= 11 is 12.0. The predicted molar refractivity (Wildman–Crippen MR) is 91.9 cm³/mol. The van der Waals surface area contributed by atoms with E-state index in [1.54, 1.807) is 48.5 Å². The van der Waals surface area contributed by atoms with Crippen LogP contribution in [0.5, 0.6) is 0 Å². The van der Waals surface area contributed by atoms with Crippen molar-refractivity contribution >= 4 is 46.8 Å². The van der Waals surface area contributed by atoms with E-state index in [2.05, 4.69) is 0 Å². The number of nitrogens with zero attached hydrogens (tertiary/aromatic N) is 1. The number of rotatable bonds is 5. The number of carbonyl (C=O) groups excluding carboxylic acids is 1. The molecule has 6 heteroatoms. The number of hydrogen-bond donors (Lipinski definition) is 1. The minimum Gasteiger partial charge on any atom is -0.480 e. The first kappa shape index (κ1) is 17.1. The minimum absolute atomic E-state index is 0.336. The fourth-order valence-corrected chi connectivity index (χ4v) is 2.31. The lowest BCUT2D eigenvalue weighted by Crippen LogP contribution is -2.34. The molecule has 2 rings (SSSR count). The summed E-state index contributed by atoms with van der Waals surface area (Å²) in [5.74, 6) is -1.56. The SMILES string of the molecule is O=C(O)CN(C(=O)/C=C/c1cccc(Cl)c1Cl)c1ccccc1. The molecule has 0 aromatic heterocycles. The van der Waals surface area contributed by atoms with Crippen molar-refractivity contribution in [2.75, 3.05) is 11.4 Å². The number of carbonyl (C=O) groups is 2. The third kappa shape index (κ3) is 4.58. The Hall–Kier alpha value is -2.30. The number of aliphatic carboxylic acids is 1. The third-order valence-corrected chi connectivity index (χ3v) is 3.85. The minimum atomic E-state index is -1.10. The van der Waals surface area contributed by atoms with Crippen LogP contribution in [0.1, 0.15) is 5.56 Å². The van der Waals surface area contributed by atoms with E-state index in [-0.39, 0.29) is 0 Å². The number of para-hydroxylation sites is 1. The van der Waals surface area contributed by atoms with Crippen molar-refractivity contribution in [2.24, 2.45) is 0 Å². The van der Waals surface area contributed by atoms with Gasteiger partial charge in [-0.3, -0.25) is 14.5 Å². The number of carboxylic acid groups (broad SMARTS) is 1. The van der Waals surface area contributed by atoms with E-state index < -0.39 is 18.4 Å². The molecule has 0 saturated carbocycles. The first-order chi connectivity index (χ1) is 11.0. The van der Waals surface area contributed by atoms with Crippen LogP contribution in [-0.2, 0) is 9.59 Å². The Labute approximate surface area is 143 Å². The van der Waals surface area contributed by atoms with Crippen molar-refractivity contribution in [1.29, 1.82) is 0 Å². The maximum absolute atomic E-state index is 12.3. The second kappa shape index (κ2) is 7.81. The van der Waals surface area contributed by atoms with E-state index >= 15 is 0 Å². The highest BCUT2D eigenvalue weighted by Crippen LogP contribution is 2.26. The van der Waals surface area contributed by atoms with Crippen LogP contribution in [0.2, 0.25) is 10.0 Å². The van der Waals surface area contributed by atoms with Gasteiger partial charge in [0, 0.05) is 11.8 Å². The van der Waals surface area contributed by atoms with Gasteiger partial charge in [-0.05, 0) is 29.8 Å². The van der Waals surface area contributed by atoms with Crippen LogP contribution in [-0.4, -0.2) is 23.5 Å². The Morgan fingerprint density at radius 2 is 1.74 bits per heavy atom. The fraction of sp³-hybridized carbons (Fsp3) is 0.0588. The van der Waals surface area contributed by atoms with Gasteiger partial charge in [0.15, 0.2) is 0 Å². The van der Waals surface area contributed by atoms with Crippen LogP contribution < -0.4 is 4.90 Å². The standard InChI is InChI=1S/C17H13Cl2NO3/c18-14-8-4-5-12(17(14)19)9-10-15(21)20(11-16(22)23)13-6-2-1-3-7-13/h1-10H,11H2,(H,22,23)/b10-9+. The molecule has 0 bridgehead atoms. The molecule has 0 radical (unpaired) electrons. The molecule has 23 heavy (non-hydrogen) atoms. The van der Waals surface area contributed by atoms with Gasteiger partial charge in [0.2, 0.25) is 0 Å². The molecule has 1 amide bonds. The first-order valence-corrected chi connectivity index (χ1v) is 7.45. The molecule has 0 saturated heterocycles. The van der Waals surface area contributed by atoms with Gasteiger partial charge in [0.25, 0.3) is 5.91 Å². The summed E-state index contributed by atoms with van der Waals surface area (Å²) in [5.41, 5.74) is 1.08. The molecule has 0 aliphatic heterocycles. The van der Waals surface area contributed by atoms with E-state index in [0.29, 0.717) is 21.3 Å². The number of benzene rings is 2. The average Bonchev–Trinajstić information content (AvgIpc) is 2.54.